The molecule has 2 aromatic rings. The zero-order valence-corrected chi connectivity index (χ0v) is 19.6. The number of piperidine rings is 1. The molecule has 0 aliphatic carbocycles. The van der Waals surface area contributed by atoms with Crippen molar-refractivity contribution in [2.24, 2.45) is 0 Å². The van der Waals surface area contributed by atoms with Gasteiger partial charge < -0.3 is 30.7 Å². The highest BCUT2D eigenvalue weighted by molar-refractivity contribution is 6.10. The average Bonchev–Trinajstić information content (AvgIpc) is 2.96. The molecule has 3 amide bonds. The number of quaternary nitrogens is 1. The Balaban J connectivity index is 1.58. The van der Waals surface area contributed by atoms with Crippen LogP contribution in [-0.2, 0) is 9.59 Å². The van der Waals surface area contributed by atoms with E-state index in [4.69, 9.17) is 9.47 Å². The molecule has 0 saturated carbocycles. The van der Waals surface area contributed by atoms with Crippen LogP contribution in [-0.4, -0.2) is 62.0 Å². The van der Waals surface area contributed by atoms with Crippen molar-refractivity contribution < 1.29 is 29.6 Å². The number of nitrogens with one attached hydrogen (secondary N) is 2. The van der Waals surface area contributed by atoms with Crippen LogP contribution >= 0.6 is 0 Å². The molecule has 0 bridgehead atoms. The Morgan fingerprint density at radius 2 is 1.97 bits per heavy atom. The molecule has 0 aromatic heterocycles. The van der Waals surface area contributed by atoms with E-state index in [2.05, 4.69) is 16.4 Å². The van der Waals surface area contributed by atoms with Gasteiger partial charge in [-0.15, -0.1) is 0 Å². The Kier molecular flexibility index (Phi) is 7.02. The monoisotopic (exact) mass is 467 g/mol. The van der Waals surface area contributed by atoms with Crippen molar-refractivity contribution in [1.82, 2.24) is 10.2 Å². The first kappa shape index (κ1) is 23.6. The molecule has 2 aliphatic heterocycles. The van der Waals surface area contributed by atoms with Gasteiger partial charge in [-0.1, -0.05) is 6.07 Å². The van der Waals surface area contributed by atoms with Crippen molar-refractivity contribution in [3.05, 3.63) is 42.0 Å². The van der Waals surface area contributed by atoms with Crippen LogP contribution in [0, 0.1) is 0 Å². The number of amides is 3. The van der Waals surface area contributed by atoms with Gasteiger partial charge in [0.1, 0.15) is 17.5 Å². The van der Waals surface area contributed by atoms with E-state index in [1.54, 1.807) is 37.3 Å². The smallest absolute Gasteiger partial charge is 0.256 e. The van der Waals surface area contributed by atoms with Crippen LogP contribution in [0.2, 0.25) is 0 Å². The summed E-state index contributed by atoms with van der Waals surface area (Å²) in [6.45, 7) is 1.10. The highest BCUT2D eigenvalue weighted by atomic mass is 16.5. The molecule has 34 heavy (non-hydrogen) atoms. The summed E-state index contributed by atoms with van der Waals surface area (Å²) < 4.78 is 10.8. The summed E-state index contributed by atoms with van der Waals surface area (Å²) in [5.74, 6) is 0.817. The second-order valence-corrected chi connectivity index (χ2v) is 8.58. The van der Waals surface area contributed by atoms with Gasteiger partial charge in [0.25, 0.3) is 5.91 Å². The third-order valence-electron chi connectivity index (χ3n) is 6.41. The summed E-state index contributed by atoms with van der Waals surface area (Å²) in [5.41, 5.74) is 6.29. The summed E-state index contributed by atoms with van der Waals surface area (Å²) in [6, 6.07) is 10.1. The van der Waals surface area contributed by atoms with Gasteiger partial charge in [0, 0.05) is 37.1 Å². The lowest BCUT2D eigenvalue weighted by atomic mass is 9.95. The number of hydrogen-bond acceptors (Lipinski definition) is 5. The Morgan fingerprint density at radius 1 is 1.15 bits per heavy atom. The number of methoxy groups -OCH3 is 2. The van der Waals surface area contributed by atoms with E-state index in [0.29, 0.717) is 55.1 Å². The molecular formula is C25H31N4O5+. The number of rotatable bonds is 7. The highest BCUT2D eigenvalue weighted by Crippen LogP contribution is 2.36. The zero-order chi connectivity index (χ0) is 24.2. The Labute approximate surface area is 198 Å². The van der Waals surface area contributed by atoms with Gasteiger partial charge in [0.2, 0.25) is 11.8 Å². The lowest BCUT2D eigenvalue weighted by molar-refractivity contribution is -0.368. The zero-order valence-electron chi connectivity index (χ0n) is 19.6. The van der Waals surface area contributed by atoms with E-state index in [1.165, 1.54) is 0 Å². The molecule has 180 valence electrons. The predicted octanol–water partition coefficient (Wildman–Crippen LogP) is 1.43. The largest absolute Gasteiger partial charge is 0.497 e. The highest BCUT2D eigenvalue weighted by Gasteiger charge is 2.40. The Morgan fingerprint density at radius 3 is 2.71 bits per heavy atom. The minimum absolute atomic E-state index is 0.0381. The van der Waals surface area contributed by atoms with Crippen LogP contribution in [0.25, 0.3) is 11.1 Å². The molecule has 9 heteroatoms. The molecule has 0 unspecified atom stereocenters. The Hall–Kier alpha value is -3.59. The molecule has 1 fully saturated rings. The van der Waals surface area contributed by atoms with E-state index in [1.807, 2.05) is 18.2 Å². The topological polar surface area (TPSA) is 125 Å². The van der Waals surface area contributed by atoms with Crippen molar-refractivity contribution in [3.8, 4) is 22.6 Å². The van der Waals surface area contributed by atoms with E-state index in [-0.39, 0.29) is 23.8 Å². The number of nitrogens with zero attached hydrogens (tertiary/aromatic N) is 1. The fourth-order valence-electron chi connectivity index (χ4n) is 4.58. The van der Waals surface area contributed by atoms with E-state index in [0.717, 1.165) is 17.5 Å². The van der Waals surface area contributed by atoms with Crippen molar-refractivity contribution >= 4 is 23.4 Å². The van der Waals surface area contributed by atoms with E-state index in [9.17, 15) is 14.4 Å². The van der Waals surface area contributed by atoms with Crippen molar-refractivity contribution in [2.45, 2.75) is 37.8 Å². The van der Waals surface area contributed by atoms with Gasteiger partial charge >= 0.3 is 0 Å². The molecule has 2 atom stereocenters. The number of carbonyl (C=O) groups excluding carboxylic acids is 3. The SMILES string of the molecule is COc1ccc(-c2ccc3c(c2)C(=O)N2CC[C@H](NC(=O)CCC[NH3+])C[C@H]2C(=O)N3)c(OC)c1. The van der Waals surface area contributed by atoms with Crippen LogP contribution in [0.15, 0.2) is 36.4 Å². The summed E-state index contributed by atoms with van der Waals surface area (Å²) in [7, 11) is 3.17. The normalized spacial score (nSPS) is 19.4. The van der Waals surface area contributed by atoms with Gasteiger partial charge in [0.05, 0.1) is 32.0 Å². The number of carbonyl (C=O) groups is 3. The maximum atomic E-state index is 13.5. The van der Waals surface area contributed by atoms with E-state index < -0.39 is 6.04 Å². The van der Waals surface area contributed by atoms with Gasteiger partial charge in [-0.25, -0.2) is 0 Å². The lowest BCUT2D eigenvalue weighted by Crippen LogP contribution is -2.55. The molecule has 2 aliphatic rings. The van der Waals surface area contributed by atoms with Crippen LogP contribution < -0.4 is 25.8 Å². The maximum Gasteiger partial charge on any atom is 0.256 e. The summed E-state index contributed by atoms with van der Waals surface area (Å²) in [5, 5.41) is 5.92. The first-order chi connectivity index (χ1) is 16.4. The minimum atomic E-state index is -0.634. The summed E-state index contributed by atoms with van der Waals surface area (Å²) in [4.78, 5) is 40.3. The fraction of sp³-hybridized carbons (Fsp3) is 0.400. The molecule has 0 radical (unpaired) electrons. The number of hydrogen-bond donors (Lipinski definition) is 3. The third-order valence-corrected chi connectivity index (χ3v) is 6.41. The summed E-state index contributed by atoms with van der Waals surface area (Å²) >= 11 is 0. The molecular weight excluding hydrogens is 436 g/mol. The first-order valence-corrected chi connectivity index (χ1v) is 11.5. The van der Waals surface area contributed by atoms with Crippen LogP contribution in [0.1, 0.15) is 36.0 Å². The minimum Gasteiger partial charge on any atom is -0.497 e. The maximum absolute atomic E-state index is 13.5. The third kappa shape index (κ3) is 4.70. The second-order valence-electron chi connectivity index (χ2n) is 8.58. The molecule has 1 saturated heterocycles. The first-order valence-electron chi connectivity index (χ1n) is 11.5. The van der Waals surface area contributed by atoms with Gasteiger partial charge in [0.15, 0.2) is 0 Å². The predicted molar refractivity (Wildman–Crippen MR) is 127 cm³/mol. The van der Waals surface area contributed by atoms with Crippen molar-refractivity contribution in [3.63, 3.8) is 0 Å². The van der Waals surface area contributed by atoms with Crippen molar-refractivity contribution in [2.75, 3.05) is 32.6 Å². The quantitative estimate of drug-likeness (QED) is 0.568. The average molecular weight is 468 g/mol. The van der Waals surface area contributed by atoms with Crippen LogP contribution in [0.4, 0.5) is 5.69 Å². The van der Waals surface area contributed by atoms with Gasteiger partial charge in [-0.2, -0.15) is 0 Å². The van der Waals surface area contributed by atoms with Gasteiger partial charge in [-0.3, -0.25) is 14.4 Å². The summed E-state index contributed by atoms with van der Waals surface area (Å²) in [6.07, 6.45) is 2.14. The number of ether oxygens (including phenoxy) is 2. The number of benzene rings is 2. The Bertz CT molecular complexity index is 1100. The molecule has 2 aromatic carbocycles. The van der Waals surface area contributed by atoms with Crippen LogP contribution in [0.5, 0.6) is 11.5 Å². The lowest BCUT2D eigenvalue weighted by Gasteiger charge is -2.37. The van der Waals surface area contributed by atoms with Gasteiger partial charge in [-0.05, 0) is 42.7 Å². The van der Waals surface area contributed by atoms with E-state index >= 15 is 0 Å². The number of fused-ring (bicyclic) bond motifs is 2. The number of anilines is 1. The molecule has 4 rings (SSSR count). The molecule has 9 nitrogen and oxygen atoms in total. The molecule has 2 heterocycles. The second kappa shape index (κ2) is 10.1. The van der Waals surface area contributed by atoms with Crippen LogP contribution in [0.3, 0.4) is 0 Å². The fourth-order valence-corrected chi connectivity index (χ4v) is 4.58. The molecule has 0 spiro atoms. The molecule has 5 N–H and O–H groups in total. The van der Waals surface area contributed by atoms with Crippen molar-refractivity contribution in [1.29, 1.82) is 0 Å². The standard InChI is InChI=1S/C25H30N4O5/c1-33-17-6-7-18(22(14-17)34-2)15-5-8-20-19(12-15)25(32)29-11-9-16(13-21(29)24(31)28-20)27-23(30)4-3-10-26/h5-8,12,14,16,21H,3-4,9-11,13,26H2,1-2H3,(H,27,30)(H,28,31)/p+1/t16-,21-/m0/s1.